The van der Waals surface area contributed by atoms with Crippen LogP contribution in [0.3, 0.4) is 0 Å². The molecule has 1 rings (SSSR count). The predicted molar refractivity (Wildman–Crippen MR) is 86.4 cm³/mol. The molecule has 0 aliphatic heterocycles. The molecular weight excluding hydrogens is 288 g/mol. The number of unbranched alkanes of at least 4 members (excludes halogenated alkanes) is 2. The first kappa shape index (κ1) is 17.5. The van der Waals surface area contributed by atoms with Gasteiger partial charge in [0.2, 0.25) is 11.8 Å². The lowest BCUT2D eigenvalue weighted by Crippen LogP contribution is -2.45. The Labute approximate surface area is 131 Å². The largest absolute Gasteiger partial charge is 0.355 e. The van der Waals surface area contributed by atoms with Gasteiger partial charge < -0.3 is 10.6 Å². The number of rotatable bonds is 7. The summed E-state index contributed by atoms with van der Waals surface area (Å²) in [6.45, 7) is 5.94. The van der Waals surface area contributed by atoms with Crippen molar-refractivity contribution < 1.29 is 9.59 Å². The van der Waals surface area contributed by atoms with Crippen molar-refractivity contribution in [2.45, 2.75) is 40.0 Å². The van der Waals surface area contributed by atoms with Crippen molar-refractivity contribution in [2.24, 2.45) is 5.41 Å². The van der Waals surface area contributed by atoms with Gasteiger partial charge in [-0.3, -0.25) is 9.59 Å². The summed E-state index contributed by atoms with van der Waals surface area (Å²) in [4.78, 5) is 24.4. The molecule has 4 nitrogen and oxygen atoms in total. The van der Waals surface area contributed by atoms with Crippen LogP contribution in [0, 0.1) is 5.41 Å². The fourth-order valence-corrected chi connectivity index (χ4v) is 1.85. The van der Waals surface area contributed by atoms with Crippen molar-refractivity contribution >= 4 is 29.1 Å². The summed E-state index contributed by atoms with van der Waals surface area (Å²) in [6, 6.07) is 6.79. The fourth-order valence-electron chi connectivity index (χ4n) is 1.72. The molecule has 1 aromatic rings. The van der Waals surface area contributed by atoms with Crippen LogP contribution in [0.1, 0.15) is 40.0 Å². The molecule has 0 heterocycles. The lowest BCUT2D eigenvalue weighted by atomic mass is 9.91. The van der Waals surface area contributed by atoms with Gasteiger partial charge in [-0.15, -0.1) is 0 Å². The second-order valence-corrected chi connectivity index (χ2v) is 5.99. The number of hydrogen-bond donors (Lipinski definition) is 2. The summed E-state index contributed by atoms with van der Waals surface area (Å²) >= 11 is 5.79. The van der Waals surface area contributed by atoms with Crippen molar-refractivity contribution in [1.82, 2.24) is 5.32 Å². The molecule has 0 unspecified atom stereocenters. The van der Waals surface area contributed by atoms with Crippen molar-refractivity contribution in [3.05, 3.63) is 29.3 Å². The maximum atomic E-state index is 12.2. The zero-order valence-electron chi connectivity index (χ0n) is 12.8. The molecule has 116 valence electrons. The van der Waals surface area contributed by atoms with Gasteiger partial charge in [0.1, 0.15) is 5.41 Å². The van der Waals surface area contributed by atoms with Crippen LogP contribution in [0.25, 0.3) is 0 Å². The molecule has 0 aliphatic rings. The number of hydrogen-bond acceptors (Lipinski definition) is 2. The number of carbonyl (C=O) groups excluding carboxylic acids is 2. The van der Waals surface area contributed by atoms with Crippen LogP contribution >= 0.6 is 11.6 Å². The highest BCUT2D eigenvalue weighted by molar-refractivity contribution is 6.30. The van der Waals surface area contributed by atoms with E-state index in [1.54, 1.807) is 38.1 Å². The van der Waals surface area contributed by atoms with E-state index in [1.165, 1.54) is 0 Å². The molecule has 0 fully saturated rings. The summed E-state index contributed by atoms with van der Waals surface area (Å²) in [5.41, 5.74) is -0.498. The number of halogens is 1. The van der Waals surface area contributed by atoms with Gasteiger partial charge in [-0.1, -0.05) is 31.4 Å². The first-order chi connectivity index (χ1) is 9.87. The van der Waals surface area contributed by atoms with Crippen LogP contribution in [0.15, 0.2) is 24.3 Å². The summed E-state index contributed by atoms with van der Waals surface area (Å²) in [5.74, 6) is -0.595. The maximum Gasteiger partial charge on any atom is 0.239 e. The van der Waals surface area contributed by atoms with E-state index >= 15 is 0 Å². The maximum absolute atomic E-state index is 12.2. The third-order valence-electron chi connectivity index (χ3n) is 3.30. The Bertz CT molecular complexity index is 484. The van der Waals surface area contributed by atoms with Crippen molar-refractivity contribution in [1.29, 1.82) is 0 Å². The highest BCUT2D eigenvalue weighted by Crippen LogP contribution is 2.20. The van der Waals surface area contributed by atoms with Gasteiger partial charge in [0.15, 0.2) is 0 Å². The first-order valence-electron chi connectivity index (χ1n) is 7.23. The first-order valence-corrected chi connectivity index (χ1v) is 7.61. The molecule has 0 bridgehead atoms. The van der Waals surface area contributed by atoms with Crippen molar-refractivity contribution in [3.8, 4) is 0 Å². The molecular formula is C16H23ClN2O2. The Hall–Kier alpha value is -1.55. The average Bonchev–Trinajstić information content (AvgIpc) is 2.45. The molecule has 0 atom stereocenters. The molecule has 21 heavy (non-hydrogen) atoms. The molecule has 0 aliphatic carbocycles. The van der Waals surface area contributed by atoms with Gasteiger partial charge in [-0.2, -0.15) is 0 Å². The van der Waals surface area contributed by atoms with Crippen LogP contribution < -0.4 is 10.6 Å². The summed E-state index contributed by atoms with van der Waals surface area (Å²) in [6.07, 6.45) is 3.09. The van der Waals surface area contributed by atoms with Crippen LogP contribution in [0.4, 0.5) is 5.69 Å². The quantitative estimate of drug-likeness (QED) is 0.597. The number of nitrogens with one attached hydrogen (secondary N) is 2. The minimum atomic E-state index is -1.12. The lowest BCUT2D eigenvalue weighted by Gasteiger charge is -2.22. The predicted octanol–water partition coefficient (Wildman–Crippen LogP) is 3.61. The Morgan fingerprint density at radius 3 is 2.29 bits per heavy atom. The third-order valence-corrected chi connectivity index (χ3v) is 3.56. The smallest absolute Gasteiger partial charge is 0.239 e. The number of amides is 2. The minimum absolute atomic E-state index is 0.259. The Morgan fingerprint density at radius 2 is 1.71 bits per heavy atom. The van der Waals surface area contributed by atoms with E-state index in [9.17, 15) is 9.59 Å². The highest BCUT2D eigenvalue weighted by Gasteiger charge is 2.35. The Kier molecular flexibility index (Phi) is 6.69. The van der Waals surface area contributed by atoms with Gasteiger partial charge in [0, 0.05) is 17.3 Å². The molecule has 2 N–H and O–H groups in total. The fraction of sp³-hybridized carbons (Fsp3) is 0.500. The van der Waals surface area contributed by atoms with E-state index in [1.807, 2.05) is 0 Å². The van der Waals surface area contributed by atoms with E-state index in [0.29, 0.717) is 17.3 Å². The van der Waals surface area contributed by atoms with Crippen molar-refractivity contribution in [3.63, 3.8) is 0 Å². The number of carbonyl (C=O) groups is 2. The highest BCUT2D eigenvalue weighted by atomic mass is 35.5. The van der Waals surface area contributed by atoms with E-state index in [4.69, 9.17) is 11.6 Å². The summed E-state index contributed by atoms with van der Waals surface area (Å²) in [5, 5.41) is 6.14. The molecule has 0 saturated carbocycles. The van der Waals surface area contributed by atoms with E-state index in [0.717, 1.165) is 19.3 Å². The Morgan fingerprint density at radius 1 is 1.10 bits per heavy atom. The van der Waals surface area contributed by atoms with Gasteiger partial charge in [-0.25, -0.2) is 0 Å². The van der Waals surface area contributed by atoms with Crippen LogP contribution in [0.2, 0.25) is 5.02 Å². The monoisotopic (exact) mass is 310 g/mol. The summed E-state index contributed by atoms with van der Waals surface area (Å²) in [7, 11) is 0. The summed E-state index contributed by atoms with van der Waals surface area (Å²) < 4.78 is 0. The van der Waals surface area contributed by atoms with E-state index < -0.39 is 5.41 Å². The third kappa shape index (κ3) is 5.38. The topological polar surface area (TPSA) is 58.2 Å². The molecule has 2 amide bonds. The molecule has 0 saturated heterocycles. The van der Waals surface area contributed by atoms with Crippen LogP contribution in [-0.2, 0) is 9.59 Å². The van der Waals surface area contributed by atoms with Gasteiger partial charge >= 0.3 is 0 Å². The van der Waals surface area contributed by atoms with E-state index in [-0.39, 0.29) is 11.8 Å². The van der Waals surface area contributed by atoms with Crippen molar-refractivity contribution in [2.75, 3.05) is 11.9 Å². The lowest BCUT2D eigenvalue weighted by molar-refractivity contribution is -0.138. The van der Waals surface area contributed by atoms with Crippen LogP contribution in [-0.4, -0.2) is 18.4 Å². The minimum Gasteiger partial charge on any atom is -0.355 e. The second kappa shape index (κ2) is 8.03. The average molecular weight is 311 g/mol. The zero-order valence-corrected chi connectivity index (χ0v) is 13.6. The molecule has 0 spiro atoms. The SMILES string of the molecule is CCCCCNC(=O)C(C)(C)C(=O)Nc1ccc(Cl)cc1. The van der Waals surface area contributed by atoms with Gasteiger partial charge in [0.25, 0.3) is 0 Å². The number of benzene rings is 1. The van der Waals surface area contributed by atoms with Crippen LogP contribution in [0.5, 0.6) is 0 Å². The van der Waals surface area contributed by atoms with Gasteiger partial charge in [-0.05, 0) is 44.5 Å². The molecule has 5 heteroatoms. The second-order valence-electron chi connectivity index (χ2n) is 5.55. The van der Waals surface area contributed by atoms with E-state index in [2.05, 4.69) is 17.6 Å². The Balaban J connectivity index is 2.57. The normalized spacial score (nSPS) is 11.0. The molecule has 0 radical (unpaired) electrons. The zero-order chi connectivity index (χ0) is 15.9. The standard InChI is InChI=1S/C16H23ClN2O2/c1-4-5-6-11-18-14(20)16(2,3)15(21)19-13-9-7-12(17)8-10-13/h7-10H,4-6,11H2,1-3H3,(H,18,20)(H,19,21). The molecule has 0 aromatic heterocycles. The number of anilines is 1. The van der Waals surface area contributed by atoms with Gasteiger partial charge in [0.05, 0.1) is 0 Å². The molecule has 1 aromatic carbocycles.